The molecule has 0 aliphatic rings. The van der Waals surface area contributed by atoms with Crippen LogP contribution in [0, 0.1) is 5.92 Å². The highest BCUT2D eigenvalue weighted by Gasteiger charge is 2.13. The Hall–Kier alpha value is -1.02. The lowest BCUT2D eigenvalue weighted by molar-refractivity contribution is 0.263. The third-order valence-corrected chi connectivity index (χ3v) is 2.64. The molecule has 1 rings (SSSR count). The van der Waals surface area contributed by atoms with Crippen molar-refractivity contribution in [2.24, 2.45) is 11.7 Å². The third-order valence-electron chi connectivity index (χ3n) is 2.64. The molecule has 0 saturated carbocycles. The molecule has 2 N–H and O–H groups in total. The van der Waals surface area contributed by atoms with Gasteiger partial charge in [0.15, 0.2) is 0 Å². The maximum Gasteiger partial charge on any atom is 0.119 e. The van der Waals surface area contributed by atoms with E-state index in [0.29, 0.717) is 19.1 Å². The second-order valence-corrected chi connectivity index (χ2v) is 5.43. The van der Waals surface area contributed by atoms with E-state index in [1.54, 1.807) is 0 Å². The zero-order valence-electron chi connectivity index (χ0n) is 10.8. The van der Waals surface area contributed by atoms with Crippen LogP contribution < -0.4 is 10.5 Å². The molecule has 0 saturated heterocycles. The Balaban J connectivity index is 2.68. The highest BCUT2D eigenvalue weighted by Crippen LogP contribution is 2.25. The van der Waals surface area contributed by atoms with Crippen molar-refractivity contribution in [1.82, 2.24) is 0 Å². The molecule has 0 amide bonds. The van der Waals surface area contributed by atoms with Gasteiger partial charge in [-0.1, -0.05) is 39.8 Å². The Kier molecular flexibility index (Phi) is 4.36. The molecule has 0 bridgehead atoms. The zero-order valence-corrected chi connectivity index (χ0v) is 10.8. The second-order valence-electron chi connectivity index (χ2n) is 5.43. The van der Waals surface area contributed by atoms with E-state index in [9.17, 15) is 0 Å². The van der Waals surface area contributed by atoms with Crippen LogP contribution in [0.1, 0.15) is 33.3 Å². The number of nitrogens with two attached hydrogens (primary N) is 1. The molecule has 90 valence electrons. The molecule has 1 aromatic rings. The highest BCUT2D eigenvalue weighted by molar-refractivity contribution is 5.32. The van der Waals surface area contributed by atoms with Gasteiger partial charge in [-0.25, -0.2) is 0 Å². The number of hydrogen-bond acceptors (Lipinski definition) is 2. The Morgan fingerprint density at radius 3 is 2.56 bits per heavy atom. The van der Waals surface area contributed by atoms with Gasteiger partial charge in [-0.3, -0.25) is 0 Å². The summed E-state index contributed by atoms with van der Waals surface area (Å²) in [4.78, 5) is 0. The van der Waals surface area contributed by atoms with Crippen LogP contribution in [0.2, 0.25) is 0 Å². The summed E-state index contributed by atoms with van der Waals surface area (Å²) in [6, 6.07) is 8.30. The van der Waals surface area contributed by atoms with Crippen LogP contribution in [0.5, 0.6) is 5.75 Å². The Morgan fingerprint density at radius 1 is 1.31 bits per heavy atom. The van der Waals surface area contributed by atoms with Crippen LogP contribution in [0.3, 0.4) is 0 Å². The first-order chi connectivity index (χ1) is 7.43. The largest absolute Gasteiger partial charge is 0.493 e. The van der Waals surface area contributed by atoms with Gasteiger partial charge in [0.1, 0.15) is 5.75 Å². The van der Waals surface area contributed by atoms with Crippen LogP contribution in [-0.4, -0.2) is 13.2 Å². The van der Waals surface area contributed by atoms with E-state index >= 15 is 0 Å². The number of benzene rings is 1. The first-order valence-corrected chi connectivity index (χ1v) is 5.87. The van der Waals surface area contributed by atoms with Gasteiger partial charge in [0.2, 0.25) is 0 Å². The number of rotatable bonds is 4. The molecule has 0 aromatic heterocycles. The average molecular weight is 221 g/mol. The van der Waals surface area contributed by atoms with Gasteiger partial charge in [-0.2, -0.15) is 0 Å². The predicted molar refractivity (Wildman–Crippen MR) is 68.9 cm³/mol. The van der Waals surface area contributed by atoms with Crippen molar-refractivity contribution in [3.8, 4) is 5.75 Å². The van der Waals surface area contributed by atoms with Crippen LogP contribution in [0.4, 0.5) is 0 Å². The Labute approximate surface area is 98.8 Å². The van der Waals surface area contributed by atoms with E-state index in [4.69, 9.17) is 10.5 Å². The molecule has 0 aliphatic carbocycles. The lowest BCUT2D eigenvalue weighted by atomic mass is 9.87. The summed E-state index contributed by atoms with van der Waals surface area (Å²) >= 11 is 0. The molecule has 0 aliphatic heterocycles. The molecule has 1 unspecified atom stereocenters. The molecular formula is C14H23NO. The van der Waals surface area contributed by atoms with E-state index in [1.807, 2.05) is 12.1 Å². The predicted octanol–water partition coefficient (Wildman–Crippen LogP) is 2.96. The smallest absolute Gasteiger partial charge is 0.119 e. The molecule has 16 heavy (non-hydrogen) atoms. The van der Waals surface area contributed by atoms with Gasteiger partial charge < -0.3 is 10.5 Å². The Morgan fingerprint density at radius 2 is 2.00 bits per heavy atom. The minimum absolute atomic E-state index is 0.166. The van der Waals surface area contributed by atoms with E-state index in [-0.39, 0.29) is 5.41 Å². The van der Waals surface area contributed by atoms with Crippen molar-refractivity contribution in [2.75, 3.05) is 13.2 Å². The SMILES string of the molecule is CC(CN)COc1cccc(C(C)(C)C)c1. The van der Waals surface area contributed by atoms with Crippen LogP contribution >= 0.6 is 0 Å². The third kappa shape index (κ3) is 3.86. The van der Waals surface area contributed by atoms with E-state index in [2.05, 4.69) is 39.8 Å². The lowest BCUT2D eigenvalue weighted by Gasteiger charge is -2.20. The molecule has 2 heteroatoms. The van der Waals surface area contributed by atoms with Crippen LogP contribution in [0.25, 0.3) is 0 Å². The number of hydrogen-bond donors (Lipinski definition) is 1. The molecule has 0 fully saturated rings. The van der Waals surface area contributed by atoms with Crippen molar-refractivity contribution >= 4 is 0 Å². The normalized spacial score (nSPS) is 13.6. The molecule has 0 heterocycles. The summed E-state index contributed by atoms with van der Waals surface area (Å²) in [6.45, 7) is 10.1. The molecular weight excluding hydrogens is 198 g/mol. The summed E-state index contributed by atoms with van der Waals surface area (Å²) in [5.41, 5.74) is 7.02. The molecule has 1 atom stereocenters. The topological polar surface area (TPSA) is 35.2 Å². The van der Waals surface area contributed by atoms with Crippen molar-refractivity contribution in [2.45, 2.75) is 33.1 Å². The van der Waals surface area contributed by atoms with E-state index < -0.39 is 0 Å². The fourth-order valence-electron chi connectivity index (χ4n) is 1.36. The molecule has 2 nitrogen and oxygen atoms in total. The quantitative estimate of drug-likeness (QED) is 0.848. The minimum Gasteiger partial charge on any atom is -0.493 e. The minimum atomic E-state index is 0.166. The van der Waals surface area contributed by atoms with Crippen LogP contribution in [0.15, 0.2) is 24.3 Å². The van der Waals surface area contributed by atoms with Gasteiger partial charge >= 0.3 is 0 Å². The lowest BCUT2D eigenvalue weighted by Crippen LogP contribution is -2.18. The summed E-state index contributed by atoms with van der Waals surface area (Å²) < 4.78 is 5.71. The molecule has 1 aromatic carbocycles. The van der Waals surface area contributed by atoms with Crippen molar-refractivity contribution in [3.05, 3.63) is 29.8 Å². The monoisotopic (exact) mass is 221 g/mol. The zero-order chi connectivity index (χ0) is 12.2. The number of ether oxygens (including phenoxy) is 1. The van der Waals surface area contributed by atoms with Crippen molar-refractivity contribution in [1.29, 1.82) is 0 Å². The van der Waals surface area contributed by atoms with Gasteiger partial charge in [0, 0.05) is 5.92 Å². The van der Waals surface area contributed by atoms with Crippen molar-refractivity contribution in [3.63, 3.8) is 0 Å². The standard InChI is InChI=1S/C14H23NO/c1-11(9-15)10-16-13-7-5-6-12(8-13)14(2,3)4/h5-8,11H,9-10,15H2,1-4H3. The first kappa shape index (κ1) is 13.0. The Bertz CT molecular complexity index is 328. The fourth-order valence-corrected chi connectivity index (χ4v) is 1.36. The summed E-state index contributed by atoms with van der Waals surface area (Å²) in [5.74, 6) is 1.34. The van der Waals surface area contributed by atoms with Gasteiger partial charge in [-0.15, -0.1) is 0 Å². The van der Waals surface area contributed by atoms with Crippen molar-refractivity contribution < 1.29 is 4.74 Å². The molecule has 0 spiro atoms. The van der Waals surface area contributed by atoms with Crippen LogP contribution in [-0.2, 0) is 5.41 Å². The van der Waals surface area contributed by atoms with E-state index in [1.165, 1.54) is 5.56 Å². The maximum atomic E-state index is 5.71. The summed E-state index contributed by atoms with van der Waals surface area (Å²) in [5, 5.41) is 0. The van der Waals surface area contributed by atoms with E-state index in [0.717, 1.165) is 5.75 Å². The maximum absolute atomic E-state index is 5.71. The van der Waals surface area contributed by atoms with Gasteiger partial charge in [0.05, 0.1) is 6.61 Å². The first-order valence-electron chi connectivity index (χ1n) is 5.87. The highest BCUT2D eigenvalue weighted by atomic mass is 16.5. The fraction of sp³-hybridized carbons (Fsp3) is 0.571. The van der Waals surface area contributed by atoms with Gasteiger partial charge in [0.25, 0.3) is 0 Å². The summed E-state index contributed by atoms with van der Waals surface area (Å²) in [7, 11) is 0. The van der Waals surface area contributed by atoms with Gasteiger partial charge in [-0.05, 0) is 29.7 Å². The molecule has 0 radical (unpaired) electrons. The summed E-state index contributed by atoms with van der Waals surface area (Å²) in [6.07, 6.45) is 0. The second kappa shape index (κ2) is 5.35. The average Bonchev–Trinajstić information content (AvgIpc) is 2.25.